The molecular weight excluding hydrogens is 272 g/mol. The molecule has 0 aromatic heterocycles. The zero-order valence-corrected chi connectivity index (χ0v) is 11.7. The Bertz CT molecular complexity index is 484. The van der Waals surface area contributed by atoms with Gasteiger partial charge in [0, 0.05) is 13.1 Å². The molecule has 1 aliphatic heterocycles. The van der Waals surface area contributed by atoms with Gasteiger partial charge in [0.05, 0.1) is 10.6 Å². The number of hydrogen-bond donors (Lipinski definition) is 0. The lowest BCUT2D eigenvalue weighted by molar-refractivity contribution is 0.0691. The second-order valence-corrected chi connectivity index (χ2v) is 5.53. The first-order valence-electron chi connectivity index (χ1n) is 6.35. The van der Waals surface area contributed by atoms with Gasteiger partial charge in [0.1, 0.15) is 0 Å². The fourth-order valence-electron chi connectivity index (χ4n) is 2.29. The molecule has 1 amide bonds. The largest absolute Gasteiger partial charge is 0.338 e. The molecule has 1 saturated heterocycles. The molecule has 1 aromatic carbocycles. The van der Waals surface area contributed by atoms with Crippen LogP contribution in [0.1, 0.15) is 35.7 Å². The van der Waals surface area contributed by atoms with Gasteiger partial charge in [0.2, 0.25) is 0 Å². The Labute approximate surface area is 116 Å². The number of aryl methyl sites for hydroxylation is 1. The second-order valence-electron chi connectivity index (χ2n) is 5.15. The SMILES string of the molecule is Cc1cc(F)c(F)c(C(=O)N2CCC(C)CC2)c1Cl. The zero-order chi connectivity index (χ0) is 14.2. The number of amides is 1. The third kappa shape index (κ3) is 2.73. The molecule has 0 radical (unpaired) electrons. The van der Waals surface area contributed by atoms with Crippen molar-refractivity contribution in [3.8, 4) is 0 Å². The Morgan fingerprint density at radius 3 is 2.53 bits per heavy atom. The fraction of sp³-hybridized carbons (Fsp3) is 0.500. The quantitative estimate of drug-likeness (QED) is 0.720. The first-order valence-corrected chi connectivity index (χ1v) is 6.73. The summed E-state index contributed by atoms with van der Waals surface area (Å²) < 4.78 is 27.2. The van der Waals surface area contributed by atoms with Crippen molar-refractivity contribution >= 4 is 17.5 Å². The Morgan fingerprint density at radius 1 is 1.37 bits per heavy atom. The molecule has 1 aromatic rings. The van der Waals surface area contributed by atoms with E-state index in [9.17, 15) is 13.6 Å². The van der Waals surface area contributed by atoms with Gasteiger partial charge in [-0.1, -0.05) is 18.5 Å². The molecule has 0 aliphatic carbocycles. The minimum atomic E-state index is -1.15. The van der Waals surface area contributed by atoms with E-state index in [1.54, 1.807) is 11.8 Å². The summed E-state index contributed by atoms with van der Waals surface area (Å²) >= 11 is 5.96. The van der Waals surface area contributed by atoms with Gasteiger partial charge in [-0.05, 0) is 37.3 Å². The van der Waals surface area contributed by atoms with Gasteiger partial charge in [-0.3, -0.25) is 4.79 Å². The molecule has 0 saturated carbocycles. The number of nitrogens with zero attached hydrogens (tertiary/aromatic N) is 1. The summed E-state index contributed by atoms with van der Waals surface area (Å²) in [6, 6.07) is 1.01. The number of carbonyl (C=O) groups excluding carboxylic acids is 1. The molecule has 1 heterocycles. The highest BCUT2D eigenvalue weighted by Gasteiger charge is 2.28. The highest BCUT2D eigenvalue weighted by molar-refractivity contribution is 6.34. The molecule has 0 N–H and O–H groups in total. The maximum absolute atomic E-state index is 13.8. The lowest BCUT2D eigenvalue weighted by Gasteiger charge is -2.30. The zero-order valence-electron chi connectivity index (χ0n) is 11.0. The van der Waals surface area contributed by atoms with E-state index < -0.39 is 17.5 Å². The lowest BCUT2D eigenvalue weighted by atomic mass is 9.98. The van der Waals surface area contributed by atoms with Crippen LogP contribution in [0.4, 0.5) is 8.78 Å². The summed E-state index contributed by atoms with van der Waals surface area (Å²) in [6.45, 7) is 4.79. The summed E-state index contributed by atoms with van der Waals surface area (Å²) in [6.07, 6.45) is 1.75. The van der Waals surface area contributed by atoms with Gasteiger partial charge >= 0.3 is 0 Å². The molecule has 1 fully saturated rings. The van der Waals surface area contributed by atoms with Gasteiger partial charge in [0.15, 0.2) is 11.6 Å². The number of piperidine rings is 1. The van der Waals surface area contributed by atoms with E-state index in [4.69, 9.17) is 11.6 Å². The molecule has 2 nitrogen and oxygen atoms in total. The standard InChI is InChI=1S/C14H16ClF2NO/c1-8-3-5-18(6-4-8)14(19)11-12(15)9(2)7-10(16)13(11)17/h7-8H,3-6H2,1-2H3. The van der Waals surface area contributed by atoms with Crippen LogP contribution in [0.2, 0.25) is 5.02 Å². The fourth-order valence-corrected chi connectivity index (χ4v) is 2.51. The molecule has 19 heavy (non-hydrogen) atoms. The van der Waals surface area contributed by atoms with Crippen LogP contribution in [0, 0.1) is 24.5 Å². The van der Waals surface area contributed by atoms with Crippen LogP contribution in [0.15, 0.2) is 6.07 Å². The first-order chi connectivity index (χ1) is 8.91. The number of benzene rings is 1. The molecule has 2 rings (SSSR count). The Balaban J connectivity index is 2.34. The number of halogens is 3. The van der Waals surface area contributed by atoms with Crippen LogP contribution >= 0.6 is 11.6 Å². The smallest absolute Gasteiger partial charge is 0.258 e. The number of likely N-dealkylation sites (tertiary alicyclic amines) is 1. The van der Waals surface area contributed by atoms with E-state index in [0.29, 0.717) is 24.6 Å². The van der Waals surface area contributed by atoms with E-state index >= 15 is 0 Å². The van der Waals surface area contributed by atoms with Crippen molar-refractivity contribution in [1.29, 1.82) is 0 Å². The lowest BCUT2D eigenvalue weighted by Crippen LogP contribution is -2.38. The van der Waals surface area contributed by atoms with Gasteiger partial charge in [-0.25, -0.2) is 8.78 Å². The van der Waals surface area contributed by atoms with Crippen LogP contribution in [0.3, 0.4) is 0 Å². The van der Waals surface area contributed by atoms with Gasteiger partial charge < -0.3 is 4.90 Å². The summed E-state index contributed by atoms with van der Waals surface area (Å²) in [5.41, 5.74) is 0.0306. The maximum atomic E-state index is 13.8. The summed E-state index contributed by atoms with van der Waals surface area (Å²) in [5.74, 6) is -2.15. The molecule has 0 atom stereocenters. The summed E-state index contributed by atoms with van der Waals surface area (Å²) in [5, 5.41) is 0.00234. The molecule has 104 valence electrons. The van der Waals surface area contributed by atoms with Gasteiger partial charge in [-0.2, -0.15) is 0 Å². The van der Waals surface area contributed by atoms with E-state index in [-0.39, 0.29) is 10.6 Å². The van der Waals surface area contributed by atoms with E-state index in [2.05, 4.69) is 6.92 Å². The molecule has 0 spiro atoms. The minimum Gasteiger partial charge on any atom is -0.338 e. The first kappa shape index (κ1) is 14.3. The van der Waals surface area contributed by atoms with Crippen LogP contribution < -0.4 is 0 Å². The highest BCUT2D eigenvalue weighted by atomic mass is 35.5. The number of hydrogen-bond acceptors (Lipinski definition) is 1. The second kappa shape index (κ2) is 5.45. The monoisotopic (exact) mass is 287 g/mol. The average molecular weight is 288 g/mol. The van der Waals surface area contributed by atoms with Crippen molar-refractivity contribution < 1.29 is 13.6 Å². The molecule has 5 heteroatoms. The summed E-state index contributed by atoms with van der Waals surface area (Å²) in [7, 11) is 0. The number of rotatable bonds is 1. The van der Waals surface area contributed by atoms with Crippen molar-refractivity contribution in [2.24, 2.45) is 5.92 Å². The molecule has 1 aliphatic rings. The molecule has 0 bridgehead atoms. The van der Waals surface area contributed by atoms with Crippen LogP contribution in [-0.2, 0) is 0 Å². The van der Waals surface area contributed by atoms with Gasteiger partial charge in [0.25, 0.3) is 5.91 Å². The third-order valence-corrected chi connectivity index (χ3v) is 4.11. The predicted octanol–water partition coefficient (Wildman–Crippen LogP) is 3.80. The average Bonchev–Trinajstić information content (AvgIpc) is 2.37. The number of carbonyl (C=O) groups is 1. The maximum Gasteiger partial charge on any atom is 0.258 e. The van der Waals surface area contributed by atoms with Crippen LogP contribution in [0.5, 0.6) is 0 Å². The molecular formula is C14H16ClF2NO. The normalized spacial score (nSPS) is 16.8. The van der Waals surface area contributed by atoms with Crippen molar-refractivity contribution in [3.05, 3.63) is 33.9 Å². The third-order valence-electron chi connectivity index (χ3n) is 3.62. The van der Waals surface area contributed by atoms with Crippen molar-refractivity contribution in [2.45, 2.75) is 26.7 Å². The minimum absolute atomic E-state index is 0.00234. The topological polar surface area (TPSA) is 20.3 Å². The Morgan fingerprint density at radius 2 is 1.95 bits per heavy atom. The molecule has 0 unspecified atom stereocenters. The van der Waals surface area contributed by atoms with Crippen LogP contribution in [0.25, 0.3) is 0 Å². The van der Waals surface area contributed by atoms with E-state index in [0.717, 1.165) is 18.9 Å². The Kier molecular flexibility index (Phi) is 4.09. The van der Waals surface area contributed by atoms with Gasteiger partial charge in [-0.15, -0.1) is 0 Å². The van der Waals surface area contributed by atoms with Crippen LogP contribution in [-0.4, -0.2) is 23.9 Å². The Hall–Kier alpha value is -1.16. The predicted molar refractivity (Wildman–Crippen MR) is 70.4 cm³/mol. The summed E-state index contributed by atoms with van der Waals surface area (Å²) in [4.78, 5) is 13.8. The van der Waals surface area contributed by atoms with Crippen molar-refractivity contribution in [1.82, 2.24) is 4.90 Å². The van der Waals surface area contributed by atoms with E-state index in [1.165, 1.54) is 0 Å². The van der Waals surface area contributed by atoms with Crippen molar-refractivity contribution in [2.75, 3.05) is 13.1 Å². The van der Waals surface area contributed by atoms with E-state index in [1.807, 2.05) is 0 Å². The van der Waals surface area contributed by atoms with Crippen molar-refractivity contribution in [3.63, 3.8) is 0 Å². The highest BCUT2D eigenvalue weighted by Crippen LogP contribution is 2.28.